The van der Waals surface area contributed by atoms with Gasteiger partial charge < -0.3 is 13.8 Å². The summed E-state index contributed by atoms with van der Waals surface area (Å²) in [7, 11) is -1.76. The molecule has 0 aromatic rings. The standard InChI is InChI=1S/C9H11N3O10P/c1-20-8-5(10(13)14)4-6(11(15)16)9(7(8)12(17)18)23(19,21-2)22-3/h4,9H,1-3H3/q-1. The van der Waals surface area contributed by atoms with E-state index in [-0.39, 0.29) is 0 Å². The van der Waals surface area contributed by atoms with Crippen molar-refractivity contribution in [3.05, 3.63) is 59.6 Å². The molecule has 128 valence electrons. The predicted molar refractivity (Wildman–Crippen MR) is 71.8 cm³/mol. The van der Waals surface area contributed by atoms with E-state index in [0.29, 0.717) is 6.08 Å². The van der Waals surface area contributed by atoms with Gasteiger partial charge in [-0.15, -0.1) is 0 Å². The minimum atomic E-state index is -4.41. The van der Waals surface area contributed by atoms with E-state index in [1.165, 1.54) is 0 Å². The Kier molecular flexibility index (Phi) is 5.42. The van der Waals surface area contributed by atoms with Crippen LogP contribution in [0.4, 0.5) is 0 Å². The lowest BCUT2D eigenvalue weighted by Gasteiger charge is -2.30. The Labute approximate surface area is 128 Å². The number of nitro groups is 3. The largest absolute Gasteiger partial charge is 0.502 e. The van der Waals surface area contributed by atoms with Crippen LogP contribution in [-0.4, -0.2) is 41.8 Å². The van der Waals surface area contributed by atoms with Crippen LogP contribution >= 0.6 is 7.60 Å². The fourth-order valence-electron chi connectivity index (χ4n) is 1.96. The predicted octanol–water partition coefficient (Wildman–Crippen LogP) is 0.958. The highest BCUT2D eigenvalue weighted by Crippen LogP contribution is 2.59. The van der Waals surface area contributed by atoms with E-state index in [4.69, 9.17) is 0 Å². The first-order chi connectivity index (χ1) is 10.6. The molecule has 23 heavy (non-hydrogen) atoms. The van der Waals surface area contributed by atoms with Gasteiger partial charge in [0.15, 0.2) is 17.1 Å². The molecule has 14 heteroatoms. The van der Waals surface area contributed by atoms with Crippen LogP contribution < -0.4 is 0 Å². The maximum Gasteiger partial charge on any atom is 0.337 e. The molecule has 1 rings (SSSR count). The van der Waals surface area contributed by atoms with Crippen molar-refractivity contribution in [2.24, 2.45) is 0 Å². The molecule has 0 spiro atoms. The van der Waals surface area contributed by atoms with Gasteiger partial charge in [0, 0.05) is 14.2 Å². The average molecular weight is 352 g/mol. The van der Waals surface area contributed by atoms with Gasteiger partial charge in [0.25, 0.3) is 5.70 Å². The Morgan fingerprint density at radius 2 is 1.61 bits per heavy atom. The van der Waals surface area contributed by atoms with Crippen LogP contribution in [0.2, 0.25) is 0 Å². The van der Waals surface area contributed by atoms with Crippen LogP contribution in [0.1, 0.15) is 0 Å². The van der Waals surface area contributed by atoms with E-state index in [1.54, 1.807) is 0 Å². The Morgan fingerprint density at radius 3 is 1.91 bits per heavy atom. The van der Waals surface area contributed by atoms with Gasteiger partial charge in [-0.3, -0.25) is 34.9 Å². The molecule has 1 atom stereocenters. The van der Waals surface area contributed by atoms with E-state index >= 15 is 0 Å². The van der Waals surface area contributed by atoms with Crippen LogP contribution in [0.15, 0.2) is 23.2 Å². The van der Waals surface area contributed by atoms with Gasteiger partial charge in [-0.2, -0.15) is 0 Å². The zero-order chi connectivity index (χ0) is 17.9. The van der Waals surface area contributed by atoms with Crippen molar-refractivity contribution in [1.29, 1.82) is 0 Å². The van der Waals surface area contributed by atoms with Crippen LogP contribution in [0.25, 0.3) is 0 Å². The van der Waals surface area contributed by atoms with Crippen LogP contribution in [0.5, 0.6) is 0 Å². The third kappa shape index (κ3) is 3.16. The summed E-state index contributed by atoms with van der Waals surface area (Å²) in [4.78, 5) is 30.1. The number of hydrogen-bond donors (Lipinski definition) is 0. The fourth-order valence-corrected chi connectivity index (χ4v) is 3.53. The third-order valence-electron chi connectivity index (χ3n) is 2.92. The fraction of sp³-hybridized carbons (Fsp3) is 0.444. The van der Waals surface area contributed by atoms with Crippen molar-refractivity contribution >= 4 is 7.60 Å². The molecule has 1 aliphatic rings. The molecule has 0 bridgehead atoms. The van der Waals surface area contributed by atoms with Gasteiger partial charge in [0.2, 0.25) is 0 Å². The summed E-state index contributed by atoms with van der Waals surface area (Å²) in [6, 6.07) is -1.07. The number of methoxy groups -OCH3 is 1. The van der Waals surface area contributed by atoms with E-state index in [1.807, 2.05) is 0 Å². The topological polar surface area (TPSA) is 174 Å². The smallest absolute Gasteiger partial charge is 0.337 e. The van der Waals surface area contributed by atoms with Gasteiger partial charge >= 0.3 is 7.60 Å². The van der Waals surface area contributed by atoms with Crippen molar-refractivity contribution in [1.82, 2.24) is 0 Å². The summed E-state index contributed by atoms with van der Waals surface area (Å²) in [5.74, 6) is -0.870. The second kappa shape index (κ2) is 6.73. The van der Waals surface area contributed by atoms with E-state index in [0.717, 1.165) is 21.3 Å². The number of rotatable bonds is 7. The minimum Gasteiger partial charge on any atom is -0.502 e. The van der Waals surface area contributed by atoms with Gasteiger partial charge in [0.05, 0.1) is 12.0 Å². The Hall–Kier alpha value is -2.50. The van der Waals surface area contributed by atoms with Gasteiger partial charge in [0.1, 0.15) is 6.04 Å². The second-order valence-corrected chi connectivity index (χ2v) is 6.28. The second-order valence-electron chi connectivity index (χ2n) is 3.95. The Balaban J connectivity index is 3.79. The van der Waals surface area contributed by atoms with Crippen molar-refractivity contribution in [2.45, 2.75) is 5.66 Å². The molecule has 0 aromatic carbocycles. The molecule has 0 fully saturated rings. The third-order valence-corrected chi connectivity index (χ3v) is 5.08. The number of nitrogens with zero attached hydrogens (tertiary/aromatic N) is 3. The molecular weight excluding hydrogens is 341 g/mol. The molecule has 0 amide bonds. The van der Waals surface area contributed by atoms with Crippen molar-refractivity contribution in [2.75, 3.05) is 21.3 Å². The van der Waals surface area contributed by atoms with E-state index in [2.05, 4.69) is 13.8 Å². The molecular formula is C9H11N3O10P-. The highest BCUT2D eigenvalue weighted by molar-refractivity contribution is 7.55. The van der Waals surface area contributed by atoms with Gasteiger partial charge in [-0.05, 0) is 9.85 Å². The molecule has 0 heterocycles. The van der Waals surface area contributed by atoms with Crippen molar-refractivity contribution in [3.63, 3.8) is 0 Å². The molecule has 0 saturated carbocycles. The first-order valence-electron chi connectivity index (χ1n) is 5.66. The normalized spacial score (nSPS) is 18.5. The quantitative estimate of drug-likeness (QED) is 0.277. The highest BCUT2D eigenvalue weighted by atomic mass is 31.2. The lowest BCUT2D eigenvalue weighted by molar-refractivity contribution is -0.480. The molecule has 1 unspecified atom stereocenters. The molecule has 0 aromatic heterocycles. The molecule has 13 nitrogen and oxygen atoms in total. The van der Waals surface area contributed by atoms with Crippen molar-refractivity contribution < 1.29 is 33.1 Å². The van der Waals surface area contributed by atoms with Crippen LogP contribution in [0.3, 0.4) is 0 Å². The Morgan fingerprint density at radius 1 is 1.09 bits per heavy atom. The molecule has 0 saturated heterocycles. The zero-order valence-corrected chi connectivity index (χ0v) is 12.9. The van der Waals surface area contributed by atoms with Crippen LogP contribution in [-0.2, 0) is 18.3 Å². The SMILES string of the molecule is COC1=C([N+](=O)[O-])C(P(=O)(OC)OC)[C-]([N+](=O)[O-])C=C1[N+](=O)[O-]. The summed E-state index contributed by atoms with van der Waals surface area (Å²) in [6.45, 7) is 0. The zero-order valence-electron chi connectivity index (χ0n) is 12.0. The lowest BCUT2D eigenvalue weighted by atomic mass is 10.0. The monoisotopic (exact) mass is 352 g/mol. The molecule has 0 radical (unpaired) electrons. The summed E-state index contributed by atoms with van der Waals surface area (Å²) in [6.07, 6.45) is 0.432. The lowest BCUT2D eigenvalue weighted by Crippen LogP contribution is -2.35. The van der Waals surface area contributed by atoms with E-state index < -0.39 is 51.2 Å². The Bertz CT molecular complexity index is 648. The van der Waals surface area contributed by atoms with Crippen LogP contribution in [0, 0.1) is 36.4 Å². The number of hydrogen-bond acceptors (Lipinski definition) is 10. The van der Waals surface area contributed by atoms with E-state index in [9.17, 15) is 34.9 Å². The first-order valence-corrected chi connectivity index (χ1v) is 7.27. The summed E-state index contributed by atoms with van der Waals surface area (Å²) < 4.78 is 26.3. The number of ether oxygens (including phenoxy) is 1. The summed E-state index contributed by atoms with van der Waals surface area (Å²) in [5, 5.41) is 33.4. The van der Waals surface area contributed by atoms with Gasteiger partial charge in [-0.1, -0.05) is 6.08 Å². The van der Waals surface area contributed by atoms with Gasteiger partial charge in [-0.25, -0.2) is 0 Å². The average Bonchev–Trinajstić information content (AvgIpc) is 2.51. The maximum atomic E-state index is 12.5. The summed E-state index contributed by atoms with van der Waals surface area (Å²) >= 11 is 0. The van der Waals surface area contributed by atoms with Crippen molar-refractivity contribution in [3.8, 4) is 0 Å². The summed E-state index contributed by atoms with van der Waals surface area (Å²) in [5.41, 5.74) is -4.26. The maximum absolute atomic E-state index is 12.5. The minimum absolute atomic E-state index is 0.432. The molecule has 0 N–H and O–H groups in total. The molecule has 0 aliphatic heterocycles. The highest BCUT2D eigenvalue weighted by Gasteiger charge is 2.54. The first kappa shape index (κ1) is 18.5. The molecule has 1 aliphatic carbocycles.